The van der Waals surface area contributed by atoms with Crippen LogP contribution in [0.15, 0.2) is 47.0 Å². The molecule has 2 bridgehead atoms. The Morgan fingerprint density at radius 1 is 1.11 bits per heavy atom. The van der Waals surface area contributed by atoms with E-state index in [9.17, 15) is 5.11 Å². The van der Waals surface area contributed by atoms with Crippen LogP contribution < -0.4 is 10.1 Å². The van der Waals surface area contributed by atoms with Crippen molar-refractivity contribution < 1.29 is 14.4 Å². The lowest BCUT2D eigenvalue weighted by Crippen LogP contribution is -2.68. The minimum atomic E-state index is 0.215. The summed E-state index contributed by atoms with van der Waals surface area (Å²) in [5, 5.41) is 27.5. The number of H-pyrrole nitrogens is 1. The monoisotopic (exact) mass is 487 g/mol. The maximum Gasteiger partial charge on any atom is 0.254 e. The Morgan fingerprint density at radius 2 is 1.92 bits per heavy atom. The van der Waals surface area contributed by atoms with Crippen LogP contribution in [-0.4, -0.2) is 45.1 Å². The molecule has 0 unspecified atom stereocenters. The Hall–Kier alpha value is -3.39. The van der Waals surface area contributed by atoms with Gasteiger partial charge in [-0.25, -0.2) is 0 Å². The summed E-state index contributed by atoms with van der Waals surface area (Å²) in [6, 6.07) is 13.3. The molecule has 3 saturated carbocycles. The quantitative estimate of drug-likeness (QED) is 0.265. The van der Waals surface area contributed by atoms with Crippen LogP contribution in [-0.2, 0) is 5.41 Å². The van der Waals surface area contributed by atoms with Crippen LogP contribution in [0.5, 0.6) is 11.6 Å². The molecule has 3 heterocycles. The van der Waals surface area contributed by atoms with E-state index in [1.54, 1.807) is 12.1 Å². The molecule has 188 valence electrons. The first-order chi connectivity index (χ1) is 17.4. The minimum absolute atomic E-state index is 0.215. The van der Waals surface area contributed by atoms with Crippen molar-refractivity contribution in [3.8, 4) is 22.9 Å². The number of nitrogens with zero attached hydrogens (tertiary/aromatic N) is 3. The van der Waals surface area contributed by atoms with Gasteiger partial charge >= 0.3 is 0 Å². The molecule has 0 aliphatic heterocycles. The van der Waals surface area contributed by atoms with Crippen LogP contribution in [0.3, 0.4) is 0 Å². The summed E-state index contributed by atoms with van der Waals surface area (Å²) in [5.74, 6) is 2.49. The van der Waals surface area contributed by atoms with Crippen molar-refractivity contribution in [3.63, 3.8) is 0 Å². The number of hydrogen-bond donors (Lipinski definition) is 3. The van der Waals surface area contributed by atoms with Crippen molar-refractivity contribution in [2.24, 2.45) is 11.3 Å². The van der Waals surface area contributed by atoms with Crippen LogP contribution in [0.25, 0.3) is 22.3 Å². The van der Waals surface area contributed by atoms with Gasteiger partial charge in [0.1, 0.15) is 18.1 Å². The molecule has 3 aliphatic rings. The third-order valence-electron chi connectivity index (χ3n) is 8.25. The molecule has 8 heteroatoms. The molecule has 0 spiro atoms. The summed E-state index contributed by atoms with van der Waals surface area (Å²) in [6.45, 7) is 8.85. The van der Waals surface area contributed by atoms with Crippen molar-refractivity contribution in [2.75, 3.05) is 19.7 Å². The molecule has 36 heavy (non-hydrogen) atoms. The van der Waals surface area contributed by atoms with Gasteiger partial charge in [0.2, 0.25) is 0 Å². The van der Waals surface area contributed by atoms with Gasteiger partial charge in [0.15, 0.2) is 5.65 Å². The minimum Gasteiger partial charge on any atom is -0.507 e. The number of aromatic hydroxyl groups is 1. The van der Waals surface area contributed by atoms with Crippen molar-refractivity contribution in [3.05, 3.63) is 53.9 Å². The van der Waals surface area contributed by atoms with Crippen molar-refractivity contribution in [2.45, 2.75) is 51.4 Å². The second kappa shape index (κ2) is 8.62. The standard InChI is InChI=1S/C28H33N5O3/c1-17(2)18(3)23-12-25(33-36-23)35-9-8-29-16-27-13-28(14-27,15-27)24-11-19-10-21(31-32-26(19)30-24)20-6-4-5-7-22(20)34/h4-7,10-12,17-18,29,34H,8-9,13-16H2,1-3H3,(H,30,32)/t18-,27?,28?/m1/s1. The Balaban J connectivity index is 0.997. The van der Waals surface area contributed by atoms with Gasteiger partial charge in [-0.2, -0.15) is 0 Å². The highest BCUT2D eigenvalue weighted by Crippen LogP contribution is 2.73. The molecule has 4 aromatic rings. The second-order valence-corrected chi connectivity index (χ2v) is 11.2. The highest BCUT2D eigenvalue weighted by Gasteiger charge is 2.68. The fraction of sp³-hybridized carbons (Fsp3) is 0.464. The fourth-order valence-electron chi connectivity index (χ4n) is 5.98. The number of phenols is 1. The number of aromatic nitrogens is 4. The smallest absolute Gasteiger partial charge is 0.254 e. The van der Waals surface area contributed by atoms with E-state index in [-0.39, 0.29) is 11.2 Å². The maximum absolute atomic E-state index is 10.2. The Morgan fingerprint density at radius 3 is 2.69 bits per heavy atom. The number of para-hydroxylation sites is 1. The van der Waals surface area contributed by atoms with E-state index in [2.05, 4.69) is 52.5 Å². The van der Waals surface area contributed by atoms with Gasteiger partial charge in [-0.1, -0.05) is 32.9 Å². The topological polar surface area (TPSA) is 109 Å². The lowest BCUT2D eigenvalue weighted by Gasteiger charge is -2.70. The third kappa shape index (κ3) is 3.93. The predicted molar refractivity (Wildman–Crippen MR) is 137 cm³/mol. The molecule has 7 rings (SSSR count). The maximum atomic E-state index is 10.2. The van der Waals surface area contributed by atoms with Gasteiger partial charge in [0.25, 0.3) is 5.88 Å². The van der Waals surface area contributed by atoms with Crippen LogP contribution in [0, 0.1) is 11.3 Å². The van der Waals surface area contributed by atoms with Gasteiger partial charge in [-0.15, -0.1) is 10.2 Å². The molecule has 3 fully saturated rings. The predicted octanol–water partition coefficient (Wildman–Crippen LogP) is 5.17. The van der Waals surface area contributed by atoms with E-state index in [4.69, 9.17) is 9.26 Å². The number of nitrogens with one attached hydrogen (secondary N) is 2. The van der Waals surface area contributed by atoms with Crippen molar-refractivity contribution >= 4 is 11.0 Å². The highest BCUT2D eigenvalue weighted by molar-refractivity contribution is 5.82. The SMILES string of the molecule is CC(C)[C@@H](C)c1cc(OCCNCC23CC(c4cc5cc(-c6ccccc6O)nnc5[nH]4)(C2)C3)no1. The zero-order chi connectivity index (χ0) is 24.9. The molecule has 3 aromatic heterocycles. The normalized spacial score (nSPS) is 23.4. The molecular weight excluding hydrogens is 454 g/mol. The molecule has 0 saturated heterocycles. The van der Waals surface area contributed by atoms with E-state index in [1.807, 2.05) is 24.3 Å². The molecule has 3 aliphatic carbocycles. The van der Waals surface area contributed by atoms with E-state index in [1.165, 1.54) is 25.0 Å². The van der Waals surface area contributed by atoms with Crippen LogP contribution in [0.4, 0.5) is 0 Å². The molecule has 0 amide bonds. The first-order valence-electron chi connectivity index (χ1n) is 12.8. The van der Waals surface area contributed by atoms with E-state index < -0.39 is 0 Å². The number of ether oxygens (including phenoxy) is 1. The van der Waals surface area contributed by atoms with Crippen molar-refractivity contribution in [1.82, 2.24) is 25.7 Å². The Bertz CT molecular complexity index is 1370. The number of rotatable bonds is 10. The molecular formula is C28H33N5O3. The van der Waals surface area contributed by atoms with Crippen LogP contribution >= 0.6 is 0 Å². The number of aromatic amines is 1. The summed E-state index contributed by atoms with van der Waals surface area (Å²) in [6.07, 6.45) is 3.54. The molecule has 3 N–H and O–H groups in total. The summed E-state index contributed by atoms with van der Waals surface area (Å²) in [7, 11) is 0. The van der Waals surface area contributed by atoms with Gasteiger partial charge < -0.3 is 24.7 Å². The van der Waals surface area contributed by atoms with Crippen molar-refractivity contribution in [1.29, 1.82) is 0 Å². The van der Waals surface area contributed by atoms with Gasteiger partial charge in [-0.3, -0.25) is 0 Å². The second-order valence-electron chi connectivity index (χ2n) is 11.2. The summed E-state index contributed by atoms with van der Waals surface area (Å²) < 4.78 is 11.2. The van der Waals surface area contributed by atoms with E-state index >= 15 is 0 Å². The third-order valence-corrected chi connectivity index (χ3v) is 8.25. The average Bonchev–Trinajstić information content (AvgIpc) is 3.45. The fourth-order valence-corrected chi connectivity index (χ4v) is 5.98. The molecule has 0 radical (unpaired) electrons. The first-order valence-corrected chi connectivity index (χ1v) is 12.8. The van der Waals surface area contributed by atoms with Gasteiger partial charge in [0, 0.05) is 47.1 Å². The summed E-state index contributed by atoms with van der Waals surface area (Å²) in [5.41, 5.74) is 4.06. The lowest BCUT2D eigenvalue weighted by molar-refractivity contribution is -0.140. The van der Waals surface area contributed by atoms with Crippen LogP contribution in [0.2, 0.25) is 0 Å². The number of benzene rings is 1. The number of phenolic OH excluding ortho intramolecular Hbond substituents is 1. The highest BCUT2D eigenvalue weighted by atomic mass is 16.5. The van der Waals surface area contributed by atoms with E-state index in [0.29, 0.717) is 41.0 Å². The molecule has 8 nitrogen and oxygen atoms in total. The van der Waals surface area contributed by atoms with E-state index in [0.717, 1.165) is 29.9 Å². The lowest BCUT2D eigenvalue weighted by atomic mass is 9.34. The molecule has 1 atom stereocenters. The largest absolute Gasteiger partial charge is 0.507 e. The van der Waals surface area contributed by atoms with Gasteiger partial charge in [0.05, 0.1) is 5.69 Å². The zero-order valence-electron chi connectivity index (χ0n) is 21.0. The molecule has 1 aromatic carbocycles. The Labute approximate surface area is 210 Å². The summed E-state index contributed by atoms with van der Waals surface area (Å²) in [4.78, 5) is 3.51. The van der Waals surface area contributed by atoms with Crippen LogP contribution in [0.1, 0.15) is 57.4 Å². The Kier molecular flexibility index (Phi) is 5.52. The zero-order valence-corrected chi connectivity index (χ0v) is 21.0. The number of hydrogen-bond acceptors (Lipinski definition) is 7. The first kappa shape index (κ1) is 23.0. The average molecular weight is 488 g/mol. The van der Waals surface area contributed by atoms with Gasteiger partial charge in [-0.05, 0) is 60.0 Å². The number of fused-ring (bicyclic) bond motifs is 1. The summed E-state index contributed by atoms with van der Waals surface area (Å²) >= 11 is 0.